The first-order chi connectivity index (χ1) is 11.2. The molecule has 1 aliphatic rings. The number of anilines is 1. The average Bonchev–Trinajstić information content (AvgIpc) is 3.03. The second-order valence-electron chi connectivity index (χ2n) is 6.12. The fourth-order valence-electron chi connectivity index (χ4n) is 2.91. The van der Waals surface area contributed by atoms with Gasteiger partial charge in [0.05, 0.1) is 0 Å². The van der Waals surface area contributed by atoms with Gasteiger partial charge < -0.3 is 15.3 Å². The standard InChI is InChI=1S/C19H28N2O2/c1-3-5-12-21(4-2)18-10-7-16(8-11-18)19(23)20-17-9-6-15(13-17)14-22/h6-11,15,17,22H,3-5,12-14H2,1-2H3,(H,20,23)/t15-,17+/m0/s1. The molecule has 2 rings (SSSR count). The fraction of sp³-hybridized carbons (Fsp3) is 0.526. The second kappa shape index (κ2) is 8.73. The summed E-state index contributed by atoms with van der Waals surface area (Å²) in [6.07, 6.45) is 7.08. The molecular weight excluding hydrogens is 288 g/mol. The minimum atomic E-state index is -0.0543. The number of nitrogens with one attached hydrogen (secondary N) is 1. The molecule has 4 nitrogen and oxygen atoms in total. The quantitative estimate of drug-likeness (QED) is 0.725. The van der Waals surface area contributed by atoms with Crippen LogP contribution in [0.5, 0.6) is 0 Å². The highest BCUT2D eigenvalue weighted by molar-refractivity contribution is 5.94. The average molecular weight is 316 g/mol. The highest BCUT2D eigenvalue weighted by atomic mass is 16.3. The van der Waals surface area contributed by atoms with Crippen molar-refractivity contribution in [1.82, 2.24) is 5.32 Å². The minimum Gasteiger partial charge on any atom is -0.396 e. The van der Waals surface area contributed by atoms with E-state index in [4.69, 9.17) is 5.11 Å². The number of hydrogen-bond donors (Lipinski definition) is 2. The predicted octanol–water partition coefficient (Wildman–Crippen LogP) is 2.98. The highest BCUT2D eigenvalue weighted by Gasteiger charge is 2.20. The number of hydrogen-bond acceptors (Lipinski definition) is 3. The molecule has 0 radical (unpaired) electrons. The van der Waals surface area contributed by atoms with Crippen LogP contribution in [-0.4, -0.2) is 36.8 Å². The maximum Gasteiger partial charge on any atom is 0.251 e. The van der Waals surface area contributed by atoms with Crippen LogP contribution >= 0.6 is 0 Å². The molecule has 2 N–H and O–H groups in total. The van der Waals surface area contributed by atoms with E-state index < -0.39 is 0 Å². The van der Waals surface area contributed by atoms with Gasteiger partial charge in [-0.25, -0.2) is 0 Å². The lowest BCUT2D eigenvalue weighted by molar-refractivity contribution is 0.0941. The molecule has 0 aromatic heterocycles. The van der Waals surface area contributed by atoms with E-state index in [1.54, 1.807) is 0 Å². The van der Waals surface area contributed by atoms with Gasteiger partial charge in [0.2, 0.25) is 0 Å². The van der Waals surface area contributed by atoms with Gasteiger partial charge in [-0.1, -0.05) is 25.5 Å². The van der Waals surface area contributed by atoms with Crippen LogP contribution in [0.3, 0.4) is 0 Å². The Morgan fingerprint density at radius 2 is 2.00 bits per heavy atom. The van der Waals surface area contributed by atoms with Gasteiger partial charge in [-0.3, -0.25) is 4.79 Å². The first kappa shape index (κ1) is 17.5. The van der Waals surface area contributed by atoms with Crippen LogP contribution in [0.1, 0.15) is 43.5 Å². The van der Waals surface area contributed by atoms with Crippen LogP contribution in [0.4, 0.5) is 5.69 Å². The van der Waals surface area contributed by atoms with E-state index in [0.29, 0.717) is 5.56 Å². The molecular formula is C19H28N2O2. The summed E-state index contributed by atoms with van der Waals surface area (Å²) in [4.78, 5) is 14.6. The monoisotopic (exact) mass is 316 g/mol. The number of carbonyl (C=O) groups excluding carboxylic acids is 1. The predicted molar refractivity (Wildman–Crippen MR) is 94.8 cm³/mol. The van der Waals surface area contributed by atoms with Crippen LogP contribution in [0, 0.1) is 5.92 Å². The molecule has 126 valence electrons. The van der Waals surface area contributed by atoms with Crippen molar-refractivity contribution in [3.63, 3.8) is 0 Å². The molecule has 0 saturated heterocycles. The van der Waals surface area contributed by atoms with Crippen molar-refractivity contribution in [2.45, 2.75) is 39.2 Å². The lowest BCUT2D eigenvalue weighted by Gasteiger charge is -2.23. The zero-order valence-electron chi connectivity index (χ0n) is 14.2. The number of amides is 1. The number of aliphatic hydroxyl groups excluding tert-OH is 1. The van der Waals surface area contributed by atoms with Gasteiger partial charge >= 0.3 is 0 Å². The summed E-state index contributed by atoms with van der Waals surface area (Å²) in [5, 5.41) is 12.1. The van der Waals surface area contributed by atoms with Gasteiger partial charge in [-0.2, -0.15) is 0 Å². The maximum absolute atomic E-state index is 12.3. The number of rotatable bonds is 8. The Kier molecular flexibility index (Phi) is 6.66. The number of benzene rings is 1. The van der Waals surface area contributed by atoms with Crippen molar-refractivity contribution in [3.05, 3.63) is 42.0 Å². The summed E-state index contributed by atoms with van der Waals surface area (Å²) in [6, 6.07) is 7.85. The Morgan fingerprint density at radius 3 is 2.57 bits per heavy atom. The summed E-state index contributed by atoms with van der Waals surface area (Å²) in [5.41, 5.74) is 1.85. The Bertz CT molecular complexity index is 525. The third kappa shape index (κ3) is 4.83. The van der Waals surface area contributed by atoms with Crippen molar-refractivity contribution < 1.29 is 9.90 Å². The summed E-state index contributed by atoms with van der Waals surface area (Å²) in [5.74, 6) is 0.112. The van der Waals surface area contributed by atoms with Gasteiger partial charge in [0, 0.05) is 42.9 Å². The molecule has 0 aliphatic heterocycles. The lowest BCUT2D eigenvalue weighted by atomic mass is 10.1. The molecule has 1 amide bonds. The van der Waals surface area contributed by atoms with Gasteiger partial charge in [0.25, 0.3) is 5.91 Å². The zero-order chi connectivity index (χ0) is 16.7. The highest BCUT2D eigenvalue weighted by Crippen LogP contribution is 2.19. The van der Waals surface area contributed by atoms with Crippen LogP contribution in [0.2, 0.25) is 0 Å². The molecule has 0 saturated carbocycles. The number of aliphatic hydroxyl groups is 1. The van der Waals surface area contributed by atoms with Crippen molar-refractivity contribution in [2.75, 3.05) is 24.6 Å². The van der Waals surface area contributed by atoms with E-state index in [-0.39, 0.29) is 24.5 Å². The van der Waals surface area contributed by atoms with Gasteiger partial charge in [0.1, 0.15) is 0 Å². The van der Waals surface area contributed by atoms with E-state index in [0.717, 1.165) is 19.5 Å². The van der Waals surface area contributed by atoms with Gasteiger partial charge in [-0.05, 0) is 44.0 Å². The normalized spacial score (nSPS) is 19.8. The van der Waals surface area contributed by atoms with Crippen LogP contribution in [-0.2, 0) is 0 Å². The number of nitrogens with zero attached hydrogens (tertiary/aromatic N) is 1. The van der Waals surface area contributed by atoms with Crippen LogP contribution in [0.25, 0.3) is 0 Å². The molecule has 0 spiro atoms. The molecule has 0 unspecified atom stereocenters. The Morgan fingerprint density at radius 1 is 1.26 bits per heavy atom. The molecule has 0 fully saturated rings. The van der Waals surface area contributed by atoms with Crippen LogP contribution < -0.4 is 10.2 Å². The van der Waals surface area contributed by atoms with Crippen molar-refractivity contribution in [1.29, 1.82) is 0 Å². The van der Waals surface area contributed by atoms with E-state index in [1.807, 2.05) is 36.4 Å². The van der Waals surface area contributed by atoms with Gasteiger partial charge in [0.15, 0.2) is 0 Å². The summed E-state index contributed by atoms with van der Waals surface area (Å²) in [7, 11) is 0. The van der Waals surface area contributed by atoms with E-state index in [1.165, 1.54) is 18.5 Å². The smallest absolute Gasteiger partial charge is 0.251 e. The number of carbonyl (C=O) groups is 1. The topological polar surface area (TPSA) is 52.6 Å². The summed E-state index contributed by atoms with van der Waals surface area (Å²) >= 11 is 0. The molecule has 0 heterocycles. The van der Waals surface area contributed by atoms with Crippen molar-refractivity contribution >= 4 is 11.6 Å². The Labute approximate surface area is 139 Å². The second-order valence-corrected chi connectivity index (χ2v) is 6.12. The fourth-order valence-corrected chi connectivity index (χ4v) is 2.91. The lowest BCUT2D eigenvalue weighted by Crippen LogP contribution is -2.33. The van der Waals surface area contributed by atoms with Crippen molar-refractivity contribution in [2.24, 2.45) is 5.92 Å². The maximum atomic E-state index is 12.3. The molecule has 1 aromatic rings. The SMILES string of the molecule is CCCCN(CC)c1ccc(C(=O)N[C@@H]2C=C[C@H](CO)C2)cc1. The minimum absolute atomic E-state index is 0.0241. The zero-order valence-corrected chi connectivity index (χ0v) is 14.2. The first-order valence-electron chi connectivity index (χ1n) is 8.63. The van der Waals surface area contributed by atoms with Gasteiger partial charge in [-0.15, -0.1) is 0 Å². The summed E-state index contributed by atoms with van der Waals surface area (Å²) < 4.78 is 0. The molecule has 4 heteroatoms. The van der Waals surface area contributed by atoms with E-state index in [9.17, 15) is 4.79 Å². The summed E-state index contributed by atoms with van der Waals surface area (Å²) in [6.45, 7) is 6.51. The Balaban J connectivity index is 1.93. The van der Waals surface area contributed by atoms with Crippen molar-refractivity contribution in [3.8, 4) is 0 Å². The third-order valence-electron chi connectivity index (χ3n) is 4.38. The molecule has 23 heavy (non-hydrogen) atoms. The largest absolute Gasteiger partial charge is 0.396 e. The third-order valence-corrected chi connectivity index (χ3v) is 4.38. The number of unbranched alkanes of at least 4 members (excludes halogenated alkanes) is 1. The molecule has 1 aliphatic carbocycles. The molecule has 0 bridgehead atoms. The van der Waals surface area contributed by atoms with Crippen LogP contribution in [0.15, 0.2) is 36.4 Å². The first-order valence-corrected chi connectivity index (χ1v) is 8.63. The van der Waals surface area contributed by atoms with E-state index in [2.05, 4.69) is 24.1 Å². The Hall–Kier alpha value is -1.81. The molecule has 1 aromatic carbocycles. The van der Waals surface area contributed by atoms with E-state index >= 15 is 0 Å². The molecule has 2 atom stereocenters.